The Bertz CT molecular complexity index is 328. The van der Waals surface area contributed by atoms with E-state index >= 15 is 0 Å². The van der Waals surface area contributed by atoms with Gasteiger partial charge in [-0.25, -0.2) is 0 Å². The number of halogens is 2. The van der Waals surface area contributed by atoms with Gasteiger partial charge in [0.2, 0.25) is 0 Å². The van der Waals surface area contributed by atoms with Crippen LogP contribution in [0.2, 0.25) is 0 Å². The van der Waals surface area contributed by atoms with Crippen LogP contribution in [0.25, 0.3) is 0 Å². The molecule has 0 heterocycles. The van der Waals surface area contributed by atoms with Gasteiger partial charge in [-0.15, -0.1) is 0 Å². The summed E-state index contributed by atoms with van der Waals surface area (Å²) < 4.78 is 7.51. The molecule has 1 rings (SSSR count). The Morgan fingerprint density at radius 3 is 2.93 bits per heavy atom. The second kappa shape index (κ2) is 7.04. The maximum Gasteiger partial charge on any atom is 0.120 e. The van der Waals surface area contributed by atoms with Crippen molar-refractivity contribution in [3.05, 3.63) is 39.8 Å². The molecule has 82 valence electrons. The van der Waals surface area contributed by atoms with Crippen molar-refractivity contribution in [3.63, 3.8) is 0 Å². The first-order valence-corrected chi connectivity index (χ1v) is 6.19. The average Bonchev–Trinajstić information content (AvgIpc) is 2.17. The summed E-state index contributed by atoms with van der Waals surface area (Å²) in [6.45, 7) is 5.95. The quantitative estimate of drug-likeness (QED) is 0.806. The van der Waals surface area contributed by atoms with E-state index in [-0.39, 0.29) is 0 Å². The van der Waals surface area contributed by atoms with E-state index in [2.05, 4.69) is 43.8 Å². The first-order chi connectivity index (χ1) is 7.18. The molecule has 0 saturated heterocycles. The van der Waals surface area contributed by atoms with Crippen LogP contribution in [0.5, 0.6) is 5.75 Å². The van der Waals surface area contributed by atoms with Gasteiger partial charge in [-0.1, -0.05) is 44.5 Å². The van der Waals surface area contributed by atoms with Gasteiger partial charge in [0.05, 0.1) is 0 Å². The van der Waals surface area contributed by atoms with Crippen molar-refractivity contribution < 1.29 is 4.74 Å². The van der Waals surface area contributed by atoms with Crippen LogP contribution in [0.4, 0.5) is 0 Å². The van der Waals surface area contributed by atoms with Crippen molar-refractivity contribution in [3.8, 4) is 5.75 Å². The highest BCUT2D eigenvalue weighted by molar-refractivity contribution is 9.11. The molecule has 0 unspecified atom stereocenters. The van der Waals surface area contributed by atoms with Crippen molar-refractivity contribution in [2.75, 3.05) is 19.7 Å². The van der Waals surface area contributed by atoms with Crippen molar-refractivity contribution >= 4 is 31.9 Å². The maximum atomic E-state index is 5.53. The zero-order valence-electron chi connectivity index (χ0n) is 8.30. The Kier molecular flexibility index (Phi) is 5.98. The molecule has 0 amide bonds. The predicted octanol–water partition coefficient (Wildman–Crippen LogP) is 3.33. The highest BCUT2D eigenvalue weighted by Crippen LogP contribution is 2.17. The molecule has 0 spiro atoms. The zero-order valence-corrected chi connectivity index (χ0v) is 11.5. The molecule has 2 nitrogen and oxygen atoms in total. The van der Waals surface area contributed by atoms with E-state index < -0.39 is 0 Å². The van der Waals surface area contributed by atoms with Gasteiger partial charge in [-0.3, -0.25) is 0 Å². The number of hydrogen-bond acceptors (Lipinski definition) is 2. The molecular weight excluding hydrogens is 322 g/mol. The van der Waals surface area contributed by atoms with Crippen LogP contribution in [0.1, 0.15) is 0 Å². The van der Waals surface area contributed by atoms with E-state index in [9.17, 15) is 0 Å². The Balaban J connectivity index is 2.17. The van der Waals surface area contributed by atoms with E-state index in [1.807, 2.05) is 24.3 Å². The molecule has 0 saturated carbocycles. The highest BCUT2D eigenvalue weighted by atomic mass is 79.9. The topological polar surface area (TPSA) is 21.3 Å². The van der Waals surface area contributed by atoms with Crippen LogP contribution in [0, 0.1) is 0 Å². The Morgan fingerprint density at radius 1 is 1.47 bits per heavy atom. The second-order valence-corrected chi connectivity index (χ2v) is 5.04. The van der Waals surface area contributed by atoms with Gasteiger partial charge in [0.1, 0.15) is 12.4 Å². The molecule has 4 heteroatoms. The van der Waals surface area contributed by atoms with Crippen LogP contribution in [0.3, 0.4) is 0 Å². The number of rotatable bonds is 6. The molecule has 1 aromatic rings. The summed E-state index contributed by atoms with van der Waals surface area (Å²) in [6, 6.07) is 7.81. The van der Waals surface area contributed by atoms with Crippen LogP contribution in [-0.2, 0) is 0 Å². The van der Waals surface area contributed by atoms with Crippen molar-refractivity contribution in [2.24, 2.45) is 0 Å². The molecular formula is C11H13Br2NO. The van der Waals surface area contributed by atoms with E-state index in [1.54, 1.807) is 0 Å². The second-order valence-electron chi connectivity index (χ2n) is 3.00. The molecule has 0 aliphatic heterocycles. The van der Waals surface area contributed by atoms with Gasteiger partial charge in [-0.2, -0.15) is 0 Å². The minimum absolute atomic E-state index is 0.650. The molecule has 1 aromatic carbocycles. The number of ether oxygens (including phenoxy) is 1. The number of hydrogen-bond donors (Lipinski definition) is 1. The smallest absolute Gasteiger partial charge is 0.120 e. The van der Waals surface area contributed by atoms with E-state index in [1.165, 1.54) is 0 Å². The summed E-state index contributed by atoms with van der Waals surface area (Å²) >= 11 is 6.67. The summed E-state index contributed by atoms with van der Waals surface area (Å²) in [4.78, 5) is 0. The third-order valence-corrected chi connectivity index (χ3v) is 2.43. The summed E-state index contributed by atoms with van der Waals surface area (Å²) in [5, 5.41) is 3.19. The predicted molar refractivity (Wildman–Crippen MR) is 70.6 cm³/mol. The Hall–Kier alpha value is -0.320. The van der Waals surface area contributed by atoms with Crippen LogP contribution in [0.15, 0.2) is 39.8 Å². The summed E-state index contributed by atoms with van der Waals surface area (Å²) in [5.74, 6) is 0.879. The monoisotopic (exact) mass is 333 g/mol. The number of nitrogens with one attached hydrogen (secondary N) is 1. The normalized spacial score (nSPS) is 10.0. The largest absolute Gasteiger partial charge is 0.492 e. The minimum atomic E-state index is 0.650. The summed E-state index contributed by atoms with van der Waals surface area (Å²) in [7, 11) is 0. The molecule has 0 radical (unpaired) electrons. The lowest BCUT2D eigenvalue weighted by Gasteiger charge is -2.07. The minimum Gasteiger partial charge on any atom is -0.492 e. The molecule has 15 heavy (non-hydrogen) atoms. The molecule has 0 aliphatic carbocycles. The summed E-state index contributed by atoms with van der Waals surface area (Å²) in [5.41, 5.74) is 0. The van der Waals surface area contributed by atoms with Crippen molar-refractivity contribution in [1.29, 1.82) is 0 Å². The number of benzene rings is 1. The Labute approximate surface area is 107 Å². The molecule has 1 N–H and O–H groups in total. The average molecular weight is 335 g/mol. The van der Waals surface area contributed by atoms with Crippen molar-refractivity contribution in [2.45, 2.75) is 0 Å². The lowest BCUT2D eigenvalue weighted by atomic mass is 10.3. The van der Waals surface area contributed by atoms with Crippen molar-refractivity contribution in [1.82, 2.24) is 5.32 Å². The first-order valence-electron chi connectivity index (χ1n) is 4.61. The third-order valence-electron chi connectivity index (χ3n) is 1.66. The lowest BCUT2D eigenvalue weighted by molar-refractivity contribution is 0.316. The Morgan fingerprint density at radius 2 is 2.27 bits per heavy atom. The summed E-state index contributed by atoms with van der Waals surface area (Å²) in [6.07, 6.45) is 0. The van der Waals surface area contributed by atoms with Crippen LogP contribution < -0.4 is 10.1 Å². The fraction of sp³-hybridized carbons (Fsp3) is 0.273. The molecule has 0 atom stereocenters. The van der Waals surface area contributed by atoms with E-state index in [0.29, 0.717) is 6.61 Å². The molecule has 0 aliphatic rings. The molecule has 0 fully saturated rings. The molecule has 0 aromatic heterocycles. The van der Waals surface area contributed by atoms with Crippen LogP contribution >= 0.6 is 31.9 Å². The fourth-order valence-electron chi connectivity index (χ4n) is 1.02. The fourth-order valence-corrected chi connectivity index (χ4v) is 1.60. The van der Waals surface area contributed by atoms with Gasteiger partial charge in [0.25, 0.3) is 0 Å². The zero-order chi connectivity index (χ0) is 11.1. The van der Waals surface area contributed by atoms with E-state index in [4.69, 9.17) is 4.74 Å². The standard InChI is InChI=1S/C11H13Br2NO/c1-9(12)8-14-5-6-15-11-4-2-3-10(13)7-11/h2-4,7,14H,1,5-6,8H2. The van der Waals surface area contributed by atoms with Gasteiger partial charge in [0.15, 0.2) is 0 Å². The third kappa shape index (κ3) is 5.97. The van der Waals surface area contributed by atoms with Gasteiger partial charge >= 0.3 is 0 Å². The highest BCUT2D eigenvalue weighted by Gasteiger charge is 1.94. The van der Waals surface area contributed by atoms with Gasteiger partial charge in [-0.05, 0) is 18.2 Å². The van der Waals surface area contributed by atoms with Gasteiger partial charge < -0.3 is 10.1 Å². The van der Waals surface area contributed by atoms with E-state index in [0.717, 1.165) is 27.8 Å². The maximum absolute atomic E-state index is 5.53. The van der Waals surface area contributed by atoms with Crippen LogP contribution in [-0.4, -0.2) is 19.7 Å². The molecule has 0 bridgehead atoms. The first kappa shape index (κ1) is 12.7. The SMILES string of the molecule is C=C(Br)CNCCOc1cccc(Br)c1. The van der Waals surface area contributed by atoms with Gasteiger partial charge in [0, 0.05) is 22.0 Å². The lowest BCUT2D eigenvalue weighted by Crippen LogP contribution is -2.21.